The van der Waals surface area contributed by atoms with Crippen molar-refractivity contribution in [1.29, 1.82) is 0 Å². The van der Waals surface area contributed by atoms with E-state index in [9.17, 15) is 14.4 Å². The number of amides is 3. The molecule has 3 amide bonds. The molecule has 6 aromatic rings. The van der Waals surface area contributed by atoms with Crippen molar-refractivity contribution in [2.75, 3.05) is 80.5 Å². The van der Waals surface area contributed by atoms with Crippen molar-refractivity contribution in [2.45, 2.75) is 102 Å². The molecule has 2 fully saturated rings. The highest BCUT2D eigenvalue weighted by molar-refractivity contribution is 6.43. The van der Waals surface area contributed by atoms with Gasteiger partial charge >= 0.3 is 6.09 Å². The zero-order valence-electron chi connectivity index (χ0n) is 53.3. The molecule has 0 aromatic heterocycles. The number of hydrogen-bond acceptors (Lipinski definition) is 13. The highest BCUT2D eigenvalue weighted by Crippen LogP contribution is 2.41. The molecule has 1 N–H and O–H groups in total. The minimum Gasteiger partial charge on any atom is -0.490 e. The maximum atomic E-state index is 14.9. The molecule has 2 atom stereocenters. The summed E-state index contributed by atoms with van der Waals surface area (Å²) in [5.41, 5.74) is 5.51. The van der Waals surface area contributed by atoms with E-state index in [1.54, 1.807) is 60.5 Å². The Kier molecular flexibility index (Phi) is 27.3. The van der Waals surface area contributed by atoms with Crippen LogP contribution in [-0.2, 0) is 46.4 Å². The van der Waals surface area contributed by atoms with Crippen LogP contribution in [0.25, 0.3) is 11.1 Å². The Balaban J connectivity index is 0.000000226. The van der Waals surface area contributed by atoms with Gasteiger partial charge in [0.25, 0.3) is 11.8 Å². The van der Waals surface area contributed by atoms with Crippen LogP contribution in [0.15, 0.2) is 132 Å². The Morgan fingerprint density at radius 1 is 0.516 bits per heavy atom. The summed E-state index contributed by atoms with van der Waals surface area (Å²) in [5, 5.41) is 6.99. The van der Waals surface area contributed by atoms with Crippen molar-refractivity contribution in [2.24, 2.45) is 0 Å². The average Bonchev–Trinajstić information content (AvgIpc) is 1.76. The van der Waals surface area contributed by atoms with Gasteiger partial charge in [-0.05, 0) is 160 Å². The Morgan fingerprint density at radius 3 is 1.37 bits per heavy atom. The number of nitrogens with zero attached hydrogens (tertiary/aromatic N) is 3. The van der Waals surface area contributed by atoms with Gasteiger partial charge in [-0.2, -0.15) is 0 Å². The first-order valence-corrected chi connectivity index (χ1v) is 34.2. The van der Waals surface area contributed by atoms with Gasteiger partial charge in [0.05, 0.1) is 65.5 Å². The first kappa shape index (κ1) is 73.6. The maximum Gasteiger partial charge on any atom is 0.410 e. The molecule has 10 rings (SSSR count). The number of hydrogen-bond donors (Lipinski definition) is 1. The fraction of sp³-hybridized carbons (Fsp3) is 0.394. The van der Waals surface area contributed by atoms with Gasteiger partial charge in [0, 0.05) is 57.1 Å². The first-order valence-electron chi connectivity index (χ1n) is 31.1. The second-order valence-electron chi connectivity index (χ2n) is 23.8. The predicted octanol–water partition coefficient (Wildman–Crippen LogP) is 17.0. The normalized spacial score (nSPS) is 16.4. The predicted molar refractivity (Wildman–Crippen MR) is 375 cm³/mol. The van der Waals surface area contributed by atoms with Gasteiger partial charge in [0.2, 0.25) is 0 Å². The molecule has 0 unspecified atom stereocenters. The number of para-hydroxylation sites is 2. The van der Waals surface area contributed by atoms with Gasteiger partial charge in [0.15, 0.2) is 11.5 Å². The fourth-order valence-corrected chi connectivity index (χ4v) is 12.8. The minimum absolute atomic E-state index is 0.0115. The highest BCUT2D eigenvalue weighted by Gasteiger charge is 2.44. The van der Waals surface area contributed by atoms with Gasteiger partial charge in [-0.1, -0.05) is 153 Å². The molecule has 95 heavy (non-hydrogen) atoms. The van der Waals surface area contributed by atoms with Crippen LogP contribution in [0, 0.1) is 0 Å². The molecular weight excluding hydrogens is 1380 g/mol. The van der Waals surface area contributed by atoms with Crippen LogP contribution in [0.5, 0.6) is 23.0 Å². The third-order valence-corrected chi connectivity index (χ3v) is 18.7. The molecule has 0 spiro atoms. The quantitative estimate of drug-likeness (QED) is 0.0366. The molecule has 2 aliphatic carbocycles. The molecule has 2 saturated carbocycles. The Hall–Kier alpha value is -5.67. The lowest BCUT2D eigenvalue weighted by Crippen LogP contribution is -2.52. The largest absolute Gasteiger partial charge is 0.490 e. The van der Waals surface area contributed by atoms with Crippen LogP contribution < -0.4 is 24.3 Å². The van der Waals surface area contributed by atoms with E-state index in [4.69, 9.17) is 135 Å². The van der Waals surface area contributed by atoms with E-state index >= 15 is 0 Å². The van der Waals surface area contributed by atoms with Crippen molar-refractivity contribution in [1.82, 2.24) is 20.0 Å². The van der Waals surface area contributed by atoms with E-state index in [0.717, 1.165) is 59.1 Å². The molecule has 508 valence electrons. The Morgan fingerprint density at radius 2 is 0.926 bits per heavy atom. The van der Waals surface area contributed by atoms with Gasteiger partial charge in [-0.25, -0.2) is 4.79 Å². The van der Waals surface area contributed by atoms with Gasteiger partial charge in [-0.3, -0.25) is 14.5 Å². The molecule has 0 saturated heterocycles. The van der Waals surface area contributed by atoms with Crippen LogP contribution in [0.1, 0.15) is 81.5 Å². The van der Waals surface area contributed by atoms with E-state index < -0.39 is 17.7 Å². The summed E-state index contributed by atoms with van der Waals surface area (Å²) in [5.74, 6) is 1.89. The van der Waals surface area contributed by atoms with Crippen LogP contribution in [-0.4, -0.2) is 143 Å². The summed E-state index contributed by atoms with van der Waals surface area (Å²) in [6.45, 7) is 8.57. The second kappa shape index (κ2) is 35.2. The van der Waals surface area contributed by atoms with Crippen LogP contribution in [0.2, 0.25) is 40.2 Å². The van der Waals surface area contributed by atoms with Crippen molar-refractivity contribution >= 4 is 122 Å². The highest BCUT2D eigenvalue weighted by atomic mass is 35.5. The summed E-state index contributed by atoms with van der Waals surface area (Å²) in [7, 11) is 3.10. The van der Waals surface area contributed by atoms with Crippen molar-refractivity contribution in [3.63, 3.8) is 0 Å². The standard InChI is InChI=1S/C38H42Cl4N2O7.C33H34Cl4N2O5/c1-38(2,3)51-37(46)43-18-17-28(24-11-15-27(16-12-24)49-19-20-50-35-30(40)9-6-10-31(35)41)33(32(43)22-48-23-47-4)36(45)44(26-13-14-26)21-25-7-5-8-29(39)34(25)42;1-41-20-42-19-29-30(33(40)39(23-10-11-23)18-22-4-2-5-26(34)31(22)37)25(14-15-38-29)21-8-12-24(13-9-21)43-16-17-44-32-27(35)6-3-7-28(32)36/h5-12,15-16,26,32H,13-14,17-23H2,1-4H3;2-9,12-13,23,29,38H,10-11,14-20H2,1H3/t32-;29-/m11/s1. The Labute approximate surface area is 595 Å². The van der Waals surface area contributed by atoms with Gasteiger partial charge < -0.3 is 57.7 Å². The van der Waals surface area contributed by atoms with Gasteiger partial charge in [-0.15, -0.1) is 0 Å². The zero-order valence-corrected chi connectivity index (χ0v) is 59.4. The molecule has 0 bridgehead atoms. The molecule has 6 aromatic carbocycles. The van der Waals surface area contributed by atoms with E-state index in [1.165, 1.54) is 7.11 Å². The number of carbonyl (C=O) groups excluding carboxylic acids is 3. The Bertz CT molecular complexity index is 3640. The third kappa shape index (κ3) is 20.2. The molecule has 4 aliphatic rings. The average molecular weight is 1460 g/mol. The summed E-state index contributed by atoms with van der Waals surface area (Å²) >= 11 is 50.6. The number of ether oxygens (including phenoxy) is 9. The summed E-state index contributed by atoms with van der Waals surface area (Å²) < 4.78 is 51.0. The number of nitrogens with one attached hydrogen (secondary N) is 1. The summed E-state index contributed by atoms with van der Waals surface area (Å²) in [6.07, 6.45) is 4.16. The maximum absolute atomic E-state index is 14.9. The smallest absolute Gasteiger partial charge is 0.410 e. The molecule has 2 heterocycles. The number of carbonyl (C=O) groups is 3. The molecule has 16 nitrogen and oxygen atoms in total. The van der Waals surface area contributed by atoms with Crippen LogP contribution in [0.4, 0.5) is 4.79 Å². The third-order valence-electron chi connectivity index (χ3n) is 15.8. The number of methoxy groups -OCH3 is 2. The van der Waals surface area contributed by atoms with Gasteiger partial charge in [0.1, 0.15) is 57.1 Å². The summed E-state index contributed by atoms with van der Waals surface area (Å²) in [4.78, 5) is 48.3. The molecular formula is C71H76Cl8N4O12. The lowest BCUT2D eigenvalue weighted by Gasteiger charge is -2.40. The van der Waals surface area contributed by atoms with E-state index in [0.29, 0.717) is 120 Å². The topological polar surface area (TPSA) is 156 Å². The van der Waals surface area contributed by atoms with Crippen molar-refractivity contribution in [3.05, 3.63) is 195 Å². The number of benzene rings is 6. The van der Waals surface area contributed by atoms with E-state index in [1.807, 2.05) is 103 Å². The van der Waals surface area contributed by atoms with Crippen molar-refractivity contribution < 1.29 is 57.0 Å². The molecule has 2 aliphatic heterocycles. The minimum atomic E-state index is -0.757. The summed E-state index contributed by atoms with van der Waals surface area (Å²) in [6, 6.07) is 35.7. The fourth-order valence-electron chi connectivity index (χ4n) is 11.1. The SMILES string of the molecule is COCOC[C@@H]1C(C(=O)N(Cc2cccc(Cl)c2Cl)C2CC2)=C(c2ccc(OCCOc3c(Cl)cccc3Cl)cc2)CCN1C(=O)OC(C)(C)C.COCOC[C@H]1NCCC(c2ccc(OCCOc3c(Cl)cccc3Cl)cc2)=C1C(=O)N(Cc1cccc(Cl)c1Cl)C1CC1. The first-order chi connectivity index (χ1) is 45.7. The molecule has 0 radical (unpaired) electrons. The second-order valence-corrected chi connectivity index (χ2v) is 27.0. The lowest BCUT2D eigenvalue weighted by atomic mass is 9.87. The monoisotopic (exact) mass is 1460 g/mol. The number of halogens is 8. The number of rotatable bonds is 28. The van der Waals surface area contributed by atoms with Crippen molar-refractivity contribution in [3.8, 4) is 23.0 Å². The molecule has 24 heteroatoms. The van der Waals surface area contributed by atoms with E-state index in [2.05, 4.69) is 5.32 Å². The van der Waals surface area contributed by atoms with E-state index in [-0.39, 0.29) is 76.5 Å². The zero-order chi connectivity index (χ0) is 67.8. The van der Waals surface area contributed by atoms with Crippen LogP contribution in [0.3, 0.4) is 0 Å². The lowest BCUT2D eigenvalue weighted by molar-refractivity contribution is -0.130. The van der Waals surface area contributed by atoms with Crippen LogP contribution >= 0.6 is 92.8 Å².